The first-order valence-electron chi connectivity index (χ1n) is 9.92. The molecule has 0 aromatic carbocycles. The van der Waals surface area contributed by atoms with Gasteiger partial charge in [0.15, 0.2) is 0 Å². The molecule has 26 heavy (non-hydrogen) atoms. The molecular weight excluding hydrogens is 328 g/mol. The van der Waals surface area contributed by atoms with Gasteiger partial charge < -0.3 is 9.80 Å². The second kappa shape index (κ2) is 8.14. The lowest BCUT2D eigenvalue weighted by atomic mass is 9.96. The summed E-state index contributed by atoms with van der Waals surface area (Å²) >= 11 is 0. The lowest BCUT2D eigenvalue weighted by Gasteiger charge is -2.33. The van der Waals surface area contributed by atoms with Gasteiger partial charge in [-0.1, -0.05) is 13.8 Å². The van der Waals surface area contributed by atoms with Crippen LogP contribution in [0.15, 0.2) is 6.20 Å². The molecule has 3 heterocycles. The third-order valence-corrected chi connectivity index (χ3v) is 5.83. The van der Waals surface area contributed by atoms with Crippen molar-refractivity contribution in [3.63, 3.8) is 0 Å². The fourth-order valence-corrected chi connectivity index (χ4v) is 4.09. The third-order valence-electron chi connectivity index (χ3n) is 5.83. The molecule has 6 nitrogen and oxygen atoms in total. The summed E-state index contributed by atoms with van der Waals surface area (Å²) in [7, 11) is 0. The van der Waals surface area contributed by atoms with Crippen LogP contribution in [0.4, 0.5) is 0 Å². The number of fused-ring (bicyclic) bond motifs is 1. The highest BCUT2D eigenvalue weighted by Gasteiger charge is 2.29. The Morgan fingerprint density at radius 3 is 2.69 bits per heavy atom. The van der Waals surface area contributed by atoms with E-state index in [0.29, 0.717) is 13.1 Å². The largest absolute Gasteiger partial charge is 0.342 e. The number of hydrogen-bond acceptors (Lipinski definition) is 4. The lowest BCUT2D eigenvalue weighted by Crippen LogP contribution is -2.40. The summed E-state index contributed by atoms with van der Waals surface area (Å²) in [6, 6.07) is 0. The van der Waals surface area contributed by atoms with Crippen molar-refractivity contribution in [1.29, 1.82) is 0 Å². The van der Waals surface area contributed by atoms with E-state index in [1.807, 2.05) is 16.0 Å². The smallest absolute Gasteiger partial charge is 0.225 e. The molecule has 0 bridgehead atoms. The van der Waals surface area contributed by atoms with Crippen molar-refractivity contribution in [1.82, 2.24) is 19.8 Å². The minimum absolute atomic E-state index is 0.122. The van der Waals surface area contributed by atoms with Crippen molar-refractivity contribution in [2.24, 2.45) is 5.92 Å². The van der Waals surface area contributed by atoms with E-state index in [2.05, 4.69) is 18.8 Å². The summed E-state index contributed by atoms with van der Waals surface area (Å²) in [4.78, 5) is 37.6. The monoisotopic (exact) mass is 358 g/mol. The highest BCUT2D eigenvalue weighted by atomic mass is 16.2. The maximum absolute atomic E-state index is 12.6. The van der Waals surface area contributed by atoms with Gasteiger partial charge >= 0.3 is 0 Å². The van der Waals surface area contributed by atoms with E-state index in [0.717, 1.165) is 62.3 Å². The molecule has 1 fully saturated rings. The second-order valence-corrected chi connectivity index (χ2v) is 7.53. The number of likely N-dealkylation sites (tertiary alicyclic amines) is 1. The molecule has 6 heteroatoms. The number of nitrogens with zero attached hydrogens (tertiary/aromatic N) is 4. The molecular formula is C20H30N4O2. The Hall–Kier alpha value is -1.98. The van der Waals surface area contributed by atoms with Crippen LogP contribution in [-0.4, -0.2) is 51.2 Å². The number of piperidine rings is 1. The average Bonchev–Trinajstić information content (AvgIpc) is 2.68. The molecule has 142 valence electrons. The Balaban J connectivity index is 1.71. The summed E-state index contributed by atoms with van der Waals surface area (Å²) in [5, 5.41) is 0. The van der Waals surface area contributed by atoms with Crippen LogP contribution in [0.3, 0.4) is 0 Å². The highest BCUT2D eigenvalue weighted by molar-refractivity contribution is 5.79. The van der Waals surface area contributed by atoms with Gasteiger partial charge in [0.05, 0.1) is 5.69 Å². The van der Waals surface area contributed by atoms with E-state index in [4.69, 9.17) is 4.98 Å². The van der Waals surface area contributed by atoms with Crippen molar-refractivity contribution in [2.75, 3.05) is 19.6 Å². The Morgan fingerprint density at radius 2 is 2.00 bits per heavy atom. The van der Waals surface area contributed by atoms with Gasteiger partial charge in [-0.15, -0.1) is 0 Å². The SMILES string of the molecule is CCC(CC)C(=O)N1CCc2nc([C@@H]3CCCN(C(C)=O)C3)ncc2C1. The van der Waals surface area contributed by atoms with Crippen LogP contribution in [0, 0.1) is 5.92 Å². The zero-order valence-electron chi connectivity index (χ0n) is 16.2. The van der Waals surface area contributed by atoms with Crippen LogP contribution in [0.1, 0.15) is 69.5 Å². The van der Waals surface area contributed by atoms with Crippen molar-refractivity contribution < 1.29 is 9.59 Å². The Kier molecular flexibility index (Phi) is 5.89. The zero-order chi connectivity index (χ0) is 18.7. The molecule has 1 aromatic rings. The molecule has 1 saturated heterocycles. The predicted octanol–water partition coefficient (Wildman–Crippen LogP) is 2.52. The van der Waals surface area contributed by atoms with Crippen LogP contribution in [0.2, 0.25) is 0 Å². The number of amides is 2. The number of aromatic nitrogens is 2. The minimum Gasteiger partial charge on any atom is -0.342 e. The van der Waals surface area contributed by atoms with E-state index >= 15 is 0 Å². The van der Waals surface area contributed by atoms with Crippen LogP contribution >= 0.6 is 0 Å². The predicted molar refractivity (Wildman–Crippen MR) is 99.5 cm³/mol. The number of carbonyl (C=O) groups is 2. The number of carbonyl (C=O) groups excluding carboxylic acids is 2. The topological polar surface area (TPSA) is 66.4 Å². The zero-order valence-corrected chi connectivity index (χ0v) is 16.2. The number of rotatable bonds is 4. The Bertz CT molecular complexity index is 672. The van der Waals surface area contributed by atoms with Gasteiger partial charge in [0.1, 0.15) is 5.82 Å². The fourth-order valence-electron chi connectivity index (χ4n) is 4.09. The Morgan fingerprint density at radius 1 is 1.23 bits per heavy atom. The maximum Gasteiger partial charge on any atom is 0.225 e. The molecule has 2 amide bonds. The molecule has 0 unspecified atom stereocenters. The molecule has 0 radical (unpaired) electrons. The Labute approximate surface area is 156 Å². The maximum atomic E-state index is 12.6. The van der Waals surface area contributed by atoms with E-state index in [-0.39, 0.29) is 23.7 Å². The average molecular weight is 358 g/mol. The van der Waals surface area contributed by atoms with Gasteiger partial charge in [-0.2, -0.15) is 0 Å². The fraction of sp³-hybridized carbons (Fsp3) is 0.700. The van der Waals surface area contributed by atoms with E-state index in [1.165, 1.54) is 0 Å². The van der Waals surface area contributed by atoms with Gasteiger partial charge in [0.25, 0.3) is 0 Å². The first-order valence-corrected chi connectivity index (χ1v) is 9.92. The molecule has 0 saturated carbocycles. The highest BCUT2D eigenvalue weighted by Crippen LogP contribution is 2.27. The van der Waals surface area contributed by atoms with E-state index in [9.17, 15) is 9.59 Å². The third kappa shape index (κ3) is 3.89. The molecule has 0 aliphatic carbocycles. The van der Waals surface area contributed by atoms with Gasteiger partial charge in [0, 0.05) is 63.1 Å². The van der Waals surface area contributed by atoms with Crippen molar-refractivity contribution in [2.45, 2.75) is 65.3 Å². The first-order chi connectivity index (χ1) is 12.5. The van der Waals surface area contributed by atoms with Crippen LogP contribution in [0.25, 0.3) is 0 Å². The second-order valence-electron chi connectivity index (χ2n) is 7.53. The van der Waals surface area contributed by atoms with E-state index < -0.39 is 0 Å². The molecule has 2 aliphatic rings. The van der Waals surface area contributed by atoms with Crippen LogP contribution in [-0.2, 0) is 22.6 Å². The van der Waals surface area contributed by atoms with Crippen LogP contribution < -0.4 is 0 Å². The van der Waals surface area contributed by atoms with Crippen molar-refractivity contribution in [3.05, 3.63) is 23.3 Å². The van der Waals surface area contributed by atoms with Gasteiger partial charge in [-0.3, -0.25) is 9.59 Å². The standard InChI is InChI=1S/C20H30N4O2/c1-4-15(5-2)20(26)24-10-8-18-17(13-24)11-21-19(22-18)16-7-6-9-23(12-16)14(3)25/h11,15-16H,4-10,12-13H2,1-3H3/t16-/m1/s1. The summed E-state index contributed by atoms with van der Waals surface area (Å²) < 4.78 is 0. The van der Waals surface area contributed by atoms with Gasteiger partial charge in [0.2, 0.25) is 11.8 Å². The minimum atomic E-state index is 0.122. The molecule has 2 aliphatic heterocycles. The first kappa shape index (κ1) is 18.8. The molecule has 3 rings (SSSR count). The molecule has 0 N–H and O–H groups in total. The summed E-state index contributed by atoms with van der Waals surface area (Å²) in [5.41, 5.74) is 2.14. The quantitative estimate of drug-likeness (QED) is 0.829. The lowest BCUT2D eigenvalue weighted by molar-refractivity contribution is -0.136. The van der Waals surface area contributed by atoms with Crippen molar-refractivity contribution in [3.8, 4) is 0 Å². The summed E-state index contributed by atoms with van der Waals surface area (Å²) in [6.07, 6.45) is 6.51. The molecule has 0 spiro atoms. The van der Waals surface area contributed by atoms with Gasteiger partial charge in [-0.25, -0.2) is 9.97 Å². The van der Waals surface area contributed by atoms with Crippen LogP contribution in [0.5, 0.6) is 0 Å². The number of hydrogen-bond donors (Lipinski definition) is 0. The summed E-state index contributed by atoms with van der Waals surface area (Å²) in [5.74, 6) is 1.59. The van der Waals surface area contributed by atoms with Gasteiger partial charge in [-0.05, 0) is 25.7 Å². The van der Waals surface area contributed by atoms with E-state index in [1.54, 1.807) is 6.92 Å². The van der Waals surface area contributed by atoms with Crippen molar-refractivity contribution >= 4 is 11.8 Å². The summed E-state index contributed by atoms with van der Waals surface area (Å²) in [6.45, 7) is 8.69. The molecule has 1 atom stereocenters. The molecule has 1 aromatic heterocycles. The normalized spacial score (nSPS) is 20.2.